The van der Waals surface area contributed by atoms with Gasteiger partial charge in [0.05, 0.1) is 16.0 Å². The van der Waals surface area contributed by atoms with Crippen LogP contribution in [0.1, 0.15) is 40.0 Å². The van der Waals surface area contributed by atoms with E-state index in [0.29, 0.717) is 11.5 Å². The van der Waals surface area contributed by atoms with Gasteiger partial charge in [-0.2, -0.15) is 4.72 Å². The minimum absolute atomic E-state index is 0.0502. The van der Waals surface area contributed by atoms with Crippen molar-refractivity contribution in [2.24, 2.45) is 0 Å². The topological polar surface area (TPSA) is 143 Å². The molecule has 0 saturated heterocycles. The maximum atomic E-state index is 13.1. The van der Waals surface area contributed by atoms with Gasteiger partial charge >= 0.3 is 5.97 Å². The van der Waals surface area contributed by atoms with Crippen molar-refractivity contribution in [3.05, 3.63) is 84.2 Å². The van der Waals surface area contributed by atoms with Crippen LogP contribution in [-0.2, 0) is 14.8 Å². The Labute approximate surface area is 201 Å². The predicted octanol–water partition coefficient (Wildman–Crippen LogP) is 3.03. The fourth-order valence-corrected chi connectivity index (χ4v) is 4.87. The maximum absolute atomic E-state index is 13.1. The third kappa shape index (κ3) is 5.36. The standard InChI is InChI=1S/C24H21N3O7S/c28-22(29)7-3-6-21(27-23(30)19-4-1-2-5-20(19)24(27)31)26-35(32,33)18-10-8-16(9-11-18)34-17-12-14-25-15-13-17/h1-2,4-5,8-15,21,26H,3,6-7H2,(H,28,29). The fourth-order valence-electron chi connectivity index (χ4n) is 3.65. The van der Waals surface area contributed by atoms with Gasteiger partial charge in [-0.1, -0.05) is 12.1 Å². The number of rotatable bonds is 10. The molecule has 1 aliphatic rings. The maximum Gasteiger partial charge on any atom is 0.303 e. The zero-order valence-electron chi connectivity index (χ0n) is 18.3. The largest absolute Gasteiger partial charge is 0.481 e. The predicted molar refractivity (Wildman–Crippen MR) is 123 cm³/mol. The van der Waals surface area contributed by atoms with E-state index in [1.165, 1.54) is 36.4 Å². The number of imide groups is 1. The number of nitrogens with zero attached hydrogens (tertiary/aromatic N) is 2. The molecule has 1 atom stereocenters. The van der Waals surface area contributed by atoms with Crippen LogP contribution >= 0.6 is 0 Å². The van der Waals surface area contributed by atoms with E-state index >= 15 is 0 Å². The second-order valence-electron chi connectivity index (χ2n) is 7.71. The lowest BCUT2D eigenvalue weighted by molar-refractivity contribution is -0.137. The van der Waals surface area contributed by atoms with Crippen molar-refractivity contribution in [1.29, 1.82) is 0 Å². The van der Waals surface area contributed by atoms with Crippen molar-refractivity contribution in [2.75, 3.05) is 0 Å². The zero-order chi connectivity index (χ0) is 25.0. The summed E-state index contributed by atoms with van der Waals surface area (Å²) in [6.45, 7) is 0. The smallest absolute Gasteiger partial charge is 0.303 e. The fraction of sp³-hybridized carbons (Fsp3) is 0.167. The van der Waals surface area contributed by atoms with Gasteiger partial charge in [-0.25, -0.2) is 8.42 Å². The van der Waals surface area contributed by atoms with E-state index in [1.807, 2.05) is 0 Å². The second-order valence-corrected chi connectivity index (χ2v) is 9.42. The van der Waals surface area contributed by atoms with Gasteiger partial charge in [0.2, 0.25) is 10.0 Å². The summed E-state index contributed by atoms with van der Waals surface area (Å²) in [5, 5.41) is 8.98. The molecule has 1 aromatic heterocycles. The summed E-state index contributed by atoms with van der Waals surface area (Å²) in [6.07, 6.45) is 1.58. The van der Waals surface area contributed by atoms with Crippen molar-refractivity contribution in [3.8, 4) is 11.5 Å². The van der Waals surface area contributed by atoms with Crippen LogP contribution in [0.3, 0.4) is 0 Å². The van der Waals surface area contributed by atoms with Crippen molar-refractivity contribution >= 4 is 27.8 Å². The number of carboxylic acid groups (broad SMARTS) is 1. The lowest BCUT2D eigenvalue weighted by atomic mass is 10.1. The number of nitrogens with one attached hydrogen (secondary N) is 1. The van der Waals surface area contributed by atoms with Gasteiger partial charge in [-0.05, 0) is 61.4 Å². The molecule has 3 aromatic rings. The lowest BCUT2D eigenvalue weighted by Crippen LogP contribution is -2.50. The minimum Gasteiger partial charge on any atom is -0.481 e. The van der Waals surface area contributed by atoms with E-state index in [0.717, 1.165) is 4.90 Å². The summed E-state index contributed by atoms with van der Waals surface area (Å²) < 4.78 is 34.3. The summed E-state index contributed by atoms with van der Waals surface area (Å²) in [7, 11) is -4.18. The summed E-state index contributed by atoms with van der Waals surface area (Å²) in [5.74, 6) is -1.44. The van der Waals surface area contributed by atoms with E-state index in [4.69, 9.17) is 9.84 Å². The monoisotopic (exact) mass is 495 g/mol. The molecule has 2 aromatic carbocycles. The number of hydrogen-bond donors (Lipinski definition) is 2. The van der Waals surface area contributed by atoms with Crippen LogP contribution in [0.15, 0.2) is 78.0 Å². The van der Waals surface area contributed by atoms with E-state index in [9.17, 15) is 22.8 Å². The number of sulfonamides is 1. The van der Waals surface area contributed by atoms with E-state index in [-0.39, 0.29) is 35.3 Å². The Bertz CT molecular complexity index is 1320. The molecule has 35 heavy (non-hydrogen) atoms. The van der Waals surface area contributed by atoms with Crippen molar-refractivity contribution < 1.29 is 32.6 Å². The highest BCUT2D eigenvalue weighted by molar-refractivity contribution is 7.89. The first-order chi connectivity index (χ1) is 16.8. The number of carbonyl (C=O) groups is 3. The van der Waals surface area contributed by atoms with Gasteiger partial charge in [0.1, 0.15) is 17.7 Å². The number of amides is 2. The molecular formula is C24H21N3O7S. The molecule has 4 rings (SSSR count). The summed E-state index contributed by atoms with van der Waals surface area (Å²) in [4.78, 5) is 41.4. The van der Waals surface area contributed by atoms with Crippen LogP contribution in [-0.4, -0.2) is 47.4 Å². The second kappa shape index (κ2) is 10.0. The average Bonchev–Trinajstić information content (AvgIpc) is 3.09. The quantitative estimate of drug-likeness (QED) is 0.409. The van der Waals surface area contributed by atoms with E-state index < -0.39 is 34.0 Å². The highest BCUT2D eigenvalue weighted by atomic mass is 32.2. The van der Waals surface area contributed by atoms with Crippen LogP contribution in [0.4, 0.5) is 0 Å². The molecule has 0 spiro atoms. The van der Waals surface area contributed by atoms with Crippen molar-refractivity contribution in [1.82, 2.24) is 14.6 Å². The highest BCUT2D eigenvalue weighted by Crippen LogP contribution is 2.27. The number of carbonyl (C=O) groups excluding carboxylic acids is 2. The number of aliphatic carboxylic acids is 1. The Morgan fingerprint density at radius 1 is 0.943 bits per heavy atom. The average molecular weight is 496 g/mol. The first-order valence-corrected chi connectivity index (χ1v) is 12.1. The molecule has 0 aliphatic carbocycles. The molecule has 1 aliphatic heterocycles. The zero-order valence-corrected chi connectivity index (χ0v) is 19.1. The summed E-state index contributed by atoms with van der Waals surface area (Å²) in [5.41, 5.74) is 0.329. The van der Waals surface area contributed by atoms with Crippen LogP contribution in [0.5, 0.6) is 11.5 Å². The van der Waals surface area contributed by atoms with Crippen molar-refractivity contribution in [2.45, 2.75) is 30.3 Å². The molecule has 10 nitrogen and oxygen atoms in total. The summed E-state index contributed by atoms with van der Waals surface area (Å²) in [6, 6.07) is 15.1. The van der Waals surface area contributed by atoms with Gasteiger partial charge in [0, 0.05) is 18.8 Å². The Balaban J connectivity index is 1.56. The number of fused-ring (bicyclic) bond motifs is 1. The van der Waals surface area contributed by atoms with Gasteiger partial charge in [0.15, 0.2) is 0 Å². The van der Waals surface area contributed by atoms with Crippen LogP contribution < -0.4 is 9.46 Å². The van der Waals surface area contributed by atoms with Gasteiger partial charge < -0.3 is 9.84 Å². The molecule has 0 fully saturated rings. The molecule has 2 N–H and O–H groups in total. The van der Waals surface area contributed by atoms with Crippen LogP contribution in [0, 0.1) is 0 Å². The number of pyridine rings is 1. The molecule has 11 heteroatoms. The minimum atomic E-state index is -4.18. The van der Waals surface area contributed by atoms with Gasteiger partial charge in [-0.15, -0.1) is 0 Å². The lowest BCUT2D eigenvalue weighted by Gasteiger charge is -2.27. The molecule has 0 saturated carbocycles. The Hall–Kier alpha value is -4.09. The highest BCUT2D eigenvalue weighted by Gasteiger charge is 2.41. The number of ether oxygens (including phenoxy) is 1. The Kier molecular flexibility index (Phi) is 6.90. The molecule has 180 valence electrons. The van der Waals surface area contributed by atoms with Crippen LogP contribution in [0.25, 0.3) is 0 Å². The number of aromatic nitrogens is 1. The molecule has 2 amide bonds. The van der Waals surface area contributed by atoms with Gasteiger partial charge in [0.25, 0.3) is 11.8 Å². The molecule has 0 bridgehead atoms. The first kappa shape index (κ1) is 24.0. The van der Waals surface area contributed by atoms with Gasteiger partial charge in [-0.3, -0.25) is 24.3 Å². The molecule has 1 unspecified atom stereocenters. The third-order valence-electron chi connectivity index (χ3n) is 5.32. The van der Waals surface area contributed by atoms with Crippen LogP contribution in [0.2, 0.25) is 0 Å². The van der Waals surface area contributed by atoms with Crippen molar-refractivity contribution in [3.63, 3.8) is 0 Å². The molecular weight excluding hydrogens is 474 g/mol. The summed E-state index contributed by atoms with van der Waals surface area (Å²) >= 11 is 0. The first-order valence-electron chi connectivity index (χ1n) is 10.7. The third-order valence-corrected chi connectivity index (χ3v) is 6.79. The Morgan fingerprint density at radius 2 is 1.51 bits per heavy atom. The Morgan fingerprint density at radius 3 is 2.09 bits per heavy atom. The molecule has 0 radical (unpaired) electrons. The SMILES string of the molecule is O=C(O)CCCC(NS(=O)(=O)c1ccc(Oc2ccncc2)cc1)N1C(=O)c2ccccc2C1=O. The number of carboxylic acids is 1. The number of hydrogen-bond acceptors (Lipinski definition) is 7. The van der Waals surface area contributed by atoms with E-state index in [2.05, 4.69) is 9.71 Å². The van der Waals surface area contributed by atoms with E-state index in [1.54, 1.807) is 36.7 Å². The number of benzene rings is 2. The normalized spacial score (nSPS) is 14.0. The molecule has 2 heterocycles.